The molecular formula is C27H64N4O8. The highest BCUT2D eigenvalue weighted by atomic mass is 16.4. The Morgan fingerprint density at radius 3 is 0.667 bits per heavy atom. The van der Waals surface area contributed by atoms with Crippen molar-refractivity contribution in [2.45, 2.75) is 172 Å². The average molecular weight is 573 g/mol. The van der Waals surface area contributed by atoms with Gasteiger partial charge in [0.05, 0.1) is 45.6 Å². The highest BCUT2D eigenvalue weighted by Gasteiger charge is 2.66. The van der Waals surface area contributed by atoms with Crippen molar-refractivity contribution in [2.75, 3.05) is 0 Å². The smallest absolute Gasteiger partial charge is 0.112 e. The molecule has 0 aromatic heterocycles. The van der Waals surface area contributed by atoms with E-state index in [1.165, 1.54) is 96.9 Å². The standard InChI is InChI=1S/2C13H30N2O4.CH4/c2*1-8(16)10(4,14)12(6,18)13(7,19)11(5,15)9(2,3)17;/h2*8,16-19H,14-15H2,1-7H3;1H4. The lowest BCUT2D eigenvalue weighted by atomic mass is 9.59. The molecule has 240 valence electrons. The summed E-state index contributed by atoms with van der Waals surface area (Å²) in [5, 5.41) is 82.7. The summed E-state index contributed by atoms with van der Waals surface area (Å²) < 4.78 is 0. The topological polar surface area (TPSA) is 266 Å². The first-order valence-electron chi connectivity index (χ1n) is 12.7. The van der Waals surface area contributed by atoms with Gasteiger partial charge in [-0.15, -0.1) is 0 Å². The molecule has 16 N–H and O–H groups in total. The molecule has 0 saturated heterocycles. The Morgan fingerprint density at radius 1 is 0.410 bits per heavy atom. The second-order valence-electron chi connectivity index (χ2n) is 13.7. The molecule has 0 aromatic rings. The van der Waals surface area contributed by atoms with Gasteiger partial charge >= 0.3 is 0 Å². The molecule has 0 spiro atoms. The number of hydrogen-bond acceptors (Lipinski definition) is 12. The summed E-state index contributed by atoms with van der Waals surface area (Å²) in [7, 11) is 0. The minimum absolute atomic E-state index is 0. The summed E-state index contributed by atoms with van der Waals surface area (Å²) in [6, 6.07) is 0. The van der Waals surface area contributed by atoms with Gasteiger partial charge in [-0.25, -0.2) is 0 Å². The second-order valence-corrected chi connectivity index (χ2v) is 13.7. The normalized spacial score (nSPS) is 26.9. The summed E-state index contributed by atoms with van der Waals surface area (Å²) in [5.74, 6) is 0. The molecule has 12 nitrogen and oxygen atoms in total. The van der Waals surface area contributed by atoms with E-state index in [-0.39, 0.29) is 7.43 Å². The zero-order valence-corrected chi connectivity index (χ0v) is 26.0. The molecule has 0 aromatic carbocycles. The van der Waals surface area contributed by atoms with E-state index < -0.39 is 68.0 Å². The van der Waals surface area contributed by atoms with Crippen LogP contribution in [0.1, 0.15) is 104 Å². The van der Waals surface area contributed by atoms with Crippen LogP contribution >= 0.6 is 0 Å². The summed E-state index contributed by atoms with van der Waals surface area (Å²) in [5.41, 5.74) is 7.09. The minimum Gasteiger partial charge on any atom is -0.391 e. The highest BCUT2D eigenvalue weighted by Crippen LogP contribution is 2.44. The van der Waals surface area contributed by atoms with Crippen molar-refractivity contribution in [3.63, 3.8) is 0 Å². The minimum atomic E-state index is -1.96. The van der Waals surface area contributed by atoms with Crippen molar-refractivity contribution in [1.82, 2.24) is 0 Å². The molecule has 0 rings (SSSR count). The fraction of sp³-hybridized carbons (Fsp3) is 1.00. The van der Waals surface area contributed by atoms with Gasteiger partial charge in [-0.2, -0.15) is 0 Å². The molecule has 0 saturated carbocycles. The first-order chi connectivity index (χ1) is 15.9. The van der Waals surface area contributed by atoms with Gasteiger partial charge in [0.2, 0.25) is 0 Å². The molecule has 10 unspecified atom stereocenters. The van der Waals surface area contributed by atoms with Crippen LogP contribution in [0.5, 0.6) is 0 Å². The summed E-state index contributed by atoms with van der Waals surface area (Å²) in [4.78, 5) is 0. The predicted octanol–water partition coefficient (Wildman–Crippen LogP) is -1.21. The summed E-state index contributed by atoms with van der Waals surface area (Å²) >= 11 is 0. The maximum atomic E-state index is 10.8. The molecule has 0 fully saturated rings. The molecule has 0 aliphatic carbocycles. The number of hydrogen-bond donors (Lipinski definition) is 12. The number of aliphatic hydroxyl groups is 8. The fourth-order valence-corrected chi connectivity index (χ4v) is 4.06. The van der Waals surface area contributed by atoms with Crippen LogP contribution in [-0.4, -0.2) is 109 Å². The lowest BCUT2D eigenvalue weighted by Crippen LogP contribution is -2.82. The van der Waals surface area contributed by atoms with Crippen LogP contribution in [0.4, 0.5) is 0 Å². The van der Waals surface area contributed by atoms with Gasteiger partial charge in [-0.1, -0.05) is 7.43 Å². The van der Waals surface area contributed by atoms with Crippen molar-refractivity contribution in [1.29, 1.82) is 0 Å². The third kappa shape index (κ3) is 6.79. The SMILES string of the molecule is C.CC(O)C(C)(N)C(C)(O)C(C)(O)C(C)(N)C(C)(C)O.CC(O)C(C)(N)C(C)(O)C(C)(O)C(C)(N)C(C)(C)O. The molecule has 39 heavy (non-hydrogen) atoms. The maximum absolute atomic E-state index is 10.8. The Bertz CT molecular complexity index is 723. The van der Waals surface area contributed by atoms with Crippen molar-refractivity contribution >= 4 is 0 Å². The van der Waals surface area contributed by atoms with Crippen molar-refractivity contribution in [3.8, 4) is 0 Å². The summed E-state index contributed by atoms with van der Waals surface area (Å²) in [6.45, 7) is 19.5. The fourth-order valence-electron chi connectivity index (χ4n) is 4.06. The van der Waals surface area contributed by atoms with E-state index in [4.69, 9.17) is 22.9 Å². The van der Waals surface area contributed by atoms with Gasteiger partial charge < -0.3 is 63.8 Å². The van der Waals surface area contributed by atoms with E-state index in [0.717, 1.165) is 0 Å². The Labute approximate surface area is 236 Å². The van der Waals surface area contributed by atoms with E-state index in [1.54, 1.807) is 0 Å². The number of rotatable bonds is 10. The van der Waals surface area contributed by atoms with E-state index in [0.29, 0.717) is 0 Å². The second kappa shape index (κ2) is 11.7. The Kier molecular flexibility index (Phi) is 12.8. The van der Waals surface area contributed by atoms with Crippen LogP contribution in [0, 0.1) is 0 Å². The van der Waals surface area contributed by atoms with E-state index in [1.807, 2.05) is 0 Å². The number of aliphatic hydroxyl groups excluding tert-OH is 2. The Hall–Kier alpha value is -0.480. The van der Waals surface area contributed by atoms with Crippen molar-refractivity contribution in [3.05, 3.63) is 0 Å². The average Bonchev–Trinajstić information content (AvgIpc) is 2.65. The van der Waals surface area contributed by atoms with Crippen LogP contribution in [0.2, 0.25) is 0 Å². The van der Waals surface area contributed by atoms with Crippen LogP contribution < -0.4 is 22.9 Å². The largest absolute Gasteiger partial charge is 0.391 e. The van der Waals surface area contributed by atoms with Crippen LogP contribution in [-0.2, 0) is 0 Å². The van der Waals surface area contributed by atoms with Gasteiger partial charge in [0.15, 0.2) is 0 Å². The molecule has 0 radical (unpaired) electrons. The van der Waals surface area contributed by atoms with Gasteiger partial charge in [0.25, 0.3) is 0 Å². The van der Waals surface area contributed by atoms with Gasteiger partial charge in [-0.05, 0) is 96.9 Å². The molecule has 0 bridgehead atoms. The Morgan fingerprint density at radius 2 is 0.564 bits per heavy atom. The van der Waals surface area contributed by atoms with Crippen molar-refractivity contribution in [2.24, 2.45) is 22.9 Å². The lowest BCUT2D eigenvalue weighted by Gasteiger charge is -2.58. The highest BCUT2D eigenvalue weighted by molar-refractivity contribution is 5.22. The first-order valence-corrected chi connectivity index (χ1v) is 12.7. The molecular weight excluding hydrogens is 508 g/mol. The van der Waals surface area contributed by atoms with E-state index in [2.05, 4.69) is 0 Å². The molecule has 0 heterocycles. The van der Waals surface area contributed by atoms with Gasteiger partial charge in [0, 0.05) is 0 Å². The third-order valence-electron chi connectivity index (χ3n) is 10.3. The molecule has 0 aliphatic rings. The molecule has 0 amide bonds. The first kappa shape index (κ1) is 43.0. The van der Waals surface area contributed by atoms with Gasteiger partial charge in [0.1, 0.15) is 22.4 Å². The van der Waals surface area contributed by atoms with Crippen molar-refractivity contribution < 1.29 is 40.9 Å². The van der Waals surface area contributed by atoms with Crippen LogP contribution in [0.25, 0.3) is 0 Å². The maximum Gasteiger partial charge on any atom is 0.112 e. The molecule has 12 heteroatoms. The van der Waals surface area contributed by atoms with Crippen LogP contribution in [0.15, 0.2) is 0 Å². The number of nitrogens with two attached hydrogens (primary N) is 4. The van der Waals surface area contributed by atoms with E-state index in [9.17, 15) is 40.9 Å². The lowest BCUT2D eigenvalue weighted by molar-refractivity contribution is -0.236. The quantitative estimate of drug-likeness (QED) is 0.147. The zero-order valence-electron chi connectivity index (χ0n) is 26.0. The molecule has 10 atom stereocenters. The third-order valence-corrected chi connectivity index (χ3v) is 10.3. The van der Waals surface area contributed by atoms with Crippen LogP contribution in [0.3, 0.4) is 0 Å². The predicted molar refractivity (Wildman–Crippen MR) is 156 cm³/mol. The zero-order chi connectivity index (χ0) is 32.2. The molecule has 0 aliphatic heterocycles. The van der Waals surface area contributed by atoms with E-state index >= 15 is 0 Å². The van der Waals surface area contributed by atoms with Gasteiger partial charge in [-0.3, -0.25) is 0 Å². The monoisotopic (exact) mass is 572 g/mol. The summed E-state index contributed by atoms with van der Waals surface area (Å²) in [6.07, 6.45) is -2.18. The Balaban J connectivity index is -0.000000648.